The molecule has 1 aliphatic rings. The van der Waals surface area contributed by atoms with Gasteiger partial charge in [-0.3, -0.25) is 0 Å². The quantitative estimate of drug-likeness (QED) is 0.735. The molecule has 0 radical (unpaired) electrons. The lowest BCUT2D eigenvalue weighted by Crippen LogP contribution is -2.44. The predicted molar refractivity (Wildman–Crippen MR) is 62.3 cm³/mol. The lowest BCUT2D eigenvalue weighted by atomic mass is 10.0. The summed E-state index contributed by atoms with van der Waals surface area (Å²) in [6.07, 6.45) is 5.60. The summed E-state index contributed by atoms with van der Waals surface area (Å²) in [5, 5.41) is 8.95. The lowest BCUT2D eigenvalue weighted by molar-refractivity contribution is 0.0650. The molecule has 0 spiro atoms. The summed E-state index contributed by atoms with van der Waals surface area (Å²) in [5.74, 6) is 0. The zero-order valence-electron chi connectivity index (χ0n) is 10.2. The molecule has 16 heavy (non-hydrogen) atoms. The molecule has 4 nitrogen and oxygen atoms in total. The van der Waals surface area contributed by atoms with Crippen LogP contribution >= 0.6 is 0 Å². The topological polar surface area (TPSA) is 49.8 Å². The van der Waals surface area contributed by atoms with Crippen molar-refractivity contribution < 1.29 is 14.6 Å². The zero-order chi connectivity index (χ0) is 11.8. The van der Waals surface area contributed by atoms with Crippen LogP contribution in [0.15, 0.2) is 0 Å². The van der Waals surface area contributed by atoms with Crippen LogP contribution < -0.4 is 0 Å². The number of hydrogen-bond donors (Lipinski definition) is 1. The Bertz CT molecular complexity index is 206. The van der Waals surface area contributed by atoms with Gasteiger partial charge < -0.3 is 14.7 Å². The molecule has 0 bridgehead atoms. The first kappa shape index (κ1) is 13.3. The number of nitrogens with zero attached hydrogens (tertiary/aromatic N) is 1. The van der Waals surface area contributed by atoms with E-state index in [2.05, 4.69) is 6.92 Å². The van der Waals surface area contributed by atoms with Crippen molar-refractivity contribution in [1.29, 1.82) is 0 Å². The Hall–Kier alpha value is -0.770. The second-order valence-electron chi connectivity index (χ2n) is 4.32. The maximum absolute atomic E-state index is 11.8. The number of unbranched alkanes of at least 4 members (excludes halogenated alkanes) is 1. The van der Waals surface area contributed by atoms with Crippen LogP contribution in [-0.4, -0.2) is 41.9 Å². The van der Waals surface area contributed by atoms with Gasteiger partial charge in [-0.2, -0.15) is 0 Å². The molecule has 0 aliphatic carbocycles. The van der Waals surface area contributed by atoms with E-state index in [1.165, 1.54) is 0 Å². The minimum absolute atomic E-state index is 0.142. The Morgan fingerprint density at radius 1 is 1.50 bits per heavy atom. The van der Waals surface area contributed by atoms with Crippen molar-refractivity contribution in [3.63, 3.8) is 0 Å². The van der Waals surface area contributed by atoms with E-state index in [1.807, 2.05) is 0 Å². The molecular formula is C12H23NO3. The Labute approximate surface area is 97.6 Å². The first-order valence-corrected chi connectivity index (χ1v) is 6.33. The van der Waals surface area contributed by atoms with E-state index in [1.54, 1.807) is 4.90 Å². The van der Waals surface area contributed by atoms with Crippen molar-refractivity contribution in [3.05, 3.63) is 0 Å². The van der Waals surface area contributed by atoms with Gasteiger partial charge in [0, 0.05) is 19.2 Å². The van der Waals surface area contributed by atoms with E-state index in [-0.39, 0.29) is 18.7 Å². The number of hydrogen-bond acceptors (Lipinski definition) is 3. The Kier molecular flexibility index (Phi) is 6.23. The Balaban J connectivity index is 2.37. The first-order chi connectivity index (χ1) is 7.79. The zero-order valence-corrected chi connectivity index (χ0v) is 10.2. The number of piperidine rings is 1. The fourth-order valence-corrected chi connectivity index (χ4v) is 2.08. The van der Waals surface area contributed by atoms with Crippen molar-refractivity contribution in [2.45, 2.75) is 51.5 Å². The molecule has 0 saturated carbocycles. The van der Waals surface area contributed by atoms with Gasteiger partial charge >= 0.3 is 6.09 Å². The number of amides is 1. The average molecular weight is 229 g/mol. The van der Waals surface area contributed by atoms with Crippen LogP contribution in [0.1, 0.15) is 45.4 Å². The third-order valence-corrected chi connectivity index (χ3v) is 3.05. The number of aliphatic hydroxyl groups excluding tert-OH is 1. The summed E-state index contributed by atoms with van der Waals surface area (Å²) < 4.78 is 5.20. The van der Waals surface area contributed by atoms with E-state index in [9.17, 15) is 4.79 Å². The highest BCUT2D eigenvalue weighted by atomic mass is 16.6. The molecular weight excluding hydrogens is 206 g/mol. The predicted octanol–water partition coefficient (Wildman–Crippen LogP) is 2.16. The summed E-state index contributed by atoms with van der Waals surface area (Å²) in [5.41, 5.74) is 0. The van der Waals surface area contributed by atoms with Gasteiger partial charge in [0.05, 0.1) is 6.61 Å². The normalized spacial score (nSPS) is 20.9. The van der Waals surface area contributed by atoms with Crippen molar-refractivity contribution in [1.82, 2.24) is 4.90 Å². The molecule has 1 unspecified atom stereocenters. The largest absolute Gasteiger partial charge is 0.449 e. The molecule has 1 fully saturated rings. The number of rotatable bonds is 5. The maximum atomic E-state index is 11.8. The number of aliphatic hydroxyl groups is 1. The fraction of sp³-hybridized carbons (Fsp3) is 0.917. The first-order valence-electron chi connectivity index (χ1n) is 6.33. The highest BCUT2D eigenvalue weighted by Crippen LogP contribution is 2.20. The standard InChI is InChI=1S/C12H23NO3/c1-2-3-10-16-12(15)13-8-5-4-6-11(13)7-9-14/h11,14H,2-10H2,1H3. The molecule has 1 amide bonds. The van der Waals surface area contributed by atoms with Crippen molar-refractivity contribution in [2.24, 2.45) is 0 Å². The number of carbonyl (C=O) groups excluding carboxylic acids is 1. The van der Waals surface area contributed by atoms with Gasteiger partial charge in [-0.25, -0.2) is 4.79 Å². The molecule has 0 aromatic rings. The molecule has 1 aliphatic heterocycles. The van der Waals surface area contributed by atoms with Crippen LogP contribution in [0, 0.1) is 0 Å². The molecule has 4 heteroatoms. The van der Waals surface area contributed by atoms with Crippen LogP contribution in [0.2, 0.25) is 0 Å². The van der Waals surface area contributed by atoms with E-state index < -0.39 is 0 Å². The Morgan fingerprint density at radius 3 is 3.00 bits per heavy atom. The van der Waals surface area contributed by atoms with Crippen molar-refractivity contribution >= 4 is 6.09 Å². The molecule has 1 atom stereocenters. The minimum Gasteiger partial charge on any atom is -0.449 e. The Morgan fingerprint density at radius 2 is 2.31 bits per heavy atom. The van der Waals surface area contributed by atoms with E-state index >= 15 is 0 Å². The SMILES string of the molecule is CCCCOC(=O)N1CCCCC1CCO. The molecule has 1 N–H and O–H groups in total. The van der Waals surface area contributed by atoms with Gasteiger partial charge in [0.1, 0.15) is 0 Å². The summed E-state index contributed by atoms with van der Waals surface area (Å²) >= 11 is 0. The van der Waals surface area contributed by atoms with Gasteiger partial charge in [0.15, 0.2) is 0 Å². The van der Waals surface area contributed by atoms with E-state index in [0.717, 1.165) is 38.6 Å². The second kappa shape index (κ2) is 7.49. The van der Waals surface area contributed by atoms with Gasteiger partial charge in [-0.05, 0) is 32.1 Å². The molecule has 0 aromatic heterocycles. The monoisotopic (exact) mass is 229 g/mol. The van der Waals surface area contributed by atoms with Crippen LogP contribution in [0.3, 0.4) is 0 Å². The van der Waals surface area contributed by atoms with Crippen molar-refractivity contribution in [2.75, 3.05) is 19.8 Å². The molecule has 94 valence electrons. The minimum atomic E-state index is -0.202. The molecule has 1 rings (SSSR count). The number of likely N-dealkylation sites (tertiary alicyclic amines) is 1. The van der Waals surface area contributed by atoms with E-state index in [4.69, 9.17) is 9.84 Å². The third-order valence-electron chi connectivity index (χ3n) is 3.05. The van der Waals surface area contributed by atoms with Crippen LogP contribution in [-0.2, 0) is 4.74 Å². The van der Waals surface area contributed by atoms with Gasteiger partial charge in [0.2, 0.25) is 0 Å². The molecule has 1 saturated heterocycles. The smallest absolute Gasteiger partial charge is 0.410 e. The highest BCUT2D eigenvalue weighted by Gasteiger charge is 2.26. The summed E-state index contributed by atoms with van der Waals surface area (Å²) in [7, 11) is 0. The third kappa shape index (κ3) is 4.00. The fourth-order valence-electron chi connectivity index (χ4n) is 2.08. The maximum Gasteiger partial charge on any atom is 0.410 e. The van der Waals surface area contributed by atoms with Crippen LogP contribution in [0.25, 0.3) is 0 Å². The second-order valence-corrected chi connectivity index (χ2v) is 4.32. The molecule has 1 heterocycles. The van der Waals surface area contributed by atoms with Crippen LogP contribution in [0.5, 0.6) is 0 Å². The highest BCUT2D eigenvalue weighted by molar-refractivity contribution is 5.68. The van der Waals surface area contributed by atoms with E-state index in [0.29, 0.717) is 13.0 Å². The summed E-state index contributed by atoms with van der Waals surface area (Å²) in [6.45, 7) is 3.50. The number of ether oxygens (including phenoxy) is 1. The van der Waals surface area contributed by atoms with Crippen molar-refractivity contribution in [3.8, 4) is 0 Å². The molecule has 0 aromatic carbocycles. The average Bonchev–Trinajstić information content (AvgIpc) is 2.30. The lowest BCUT2D eigenvalue weighted by Gasteiger charge is -2.34. The number of carbonyl (C=O) groups is 1. The van der Waals surface area contributed by atoms with Gasteiger partial charge in [0.25, 0.3) is 0 Å². The van der Waals surface area contributed by atoms with Gasteiger partial charge in [-0.1, -0.05) is 13.3 Å². The summed E-state index contributed by atoms with van der Waals surface area (Å²) in [4.78, 5) is 13.6. The summed E-state index contributed by atoms with van der Waals surface area (Å²) in [6, 6.07) is 0.174. The van der Waals surface area contributed by atoms with Gasteiger partial charge in [-0.15, -0.1) is 0 Å². The van der Waals surface area contributed by atoms with Crippen LogP contribution in [0.4, 0.5) is 4.79 Å².